The van der Waals surface area contributed by atoms with E-state index in [0.29, 0.717) is 35.3 Å². The molecule has 1 heterocycles. The highest BCUT2D eigenvalue weighted by atomic mass is 32.2. The largest absolute Gasteiger partial charge is 0.534 e. The first-order chi connectivity index (χ1) is 17.9. The molecule has 0 saturated heterocycles. The van der Waals surface area contributed by atoms with E-state index in [9.17, 15) is 31.5 Å². The van der Waals surface area contributed by atoms with Crippen LogP contribution in [-0.4, -0.2) is 32.1 Å². The number of allylic oxidation sites excluding steroid dienone is 2. The maximum Gasteiger partial charge on any atom is 0.534 e. The Hall–Kier alpha value is -2.37. The van der Waals surface area contributed by atoms with Gasteiger partial charge in [-0.05, 0) is 54.5 Å². The van der Waals surface area contributed by atoms with Crippen molar-refractivity contribution in [1.82, 2.24) is 0 Å². The van der Waals surface area contributed by atoms with Crippen molar-refractivity contribution in [3.05, 3.63) is 63.0 Å². The molecule has 1 aromatic heterocycles. The Morgan fingerprint density at radius 3 is 2.32 bits per heavy atom. The third-order valence-electron chi connectivity index (χ3n) is 5.93. The predicted octanol–water partition coefficient (Wildman–Crippen LogP) is 7.55. The molecule has 0 radical (unpaired) electrons. The van der Waals surface area contributed by atoms with Crippen molar-refractivity contribution in [3.8, 4) is 0 Å². The fourth-order valence-corrected chi connectivity index (χ4v) is 5.49. The van der Waals surface area contributed by atoms with Crippen molar-refractivity contribution in [3.63, 3.8) is 0 Å². The van der Waals surface area contributed by atoms with E-state index in [2.05, 4.69) is 22.8 Å². The number of methoxy groups -OCH3 is 1. The maximum atomic E-state index is 12.5. The second-order valence-electron chi connectivity index (χ2n) is 8.88. The van der Waals surface area contributed by atoms with Crippen LogP contribution in [0.3, 0.4) is 0 Å². The van der Waals surface area contributed by atoms with Crippen molar-refractivity contribution in [2.75, 3.05) is 7.11 Å². The Morgan fingerprint density at radius 2 is 1.74 bits per heavy atom. The first-order valence-corrected chi connectivity index (χ1v) is 14.8. The van der Waals surface area contributed by atoms with E-state index in [0.717, 1.165) is 37.7 Å². The highest BCUT2D eigenvalue weighted by Gasteiger charge is 2.49. The molecule has 1 atom stereocenters. The maximum absolute atomic E-state index is 12.5. The fraction of sp³-hybridized carbons (Fsp3) is 0.519. The Bertz CT molecular complexity index is 1170. The summed E-state index contributed by atoms with van der Waals surface area (Å²) >= 11 is 1.52. The van der Waals surface area contributed by atoms with Crippen molar-refractivity contribution in [2.24, 2.45) is 0 Å². The Balaban J connectivity index is 0.000000352. The number of aliphatic hydroxyl groups is 1. The van der Waals surface area contributed by atoms with Crippen LogP contribution in [0.1, 0.15) is 97.0 Å². The van der Waals surface area contributed by atoms with Crippen LogP contribution in [0.4, 0.5) is 13.2 Å². The summed E-state index contributed by atoms with van der Waals surface area (Å²) in [7, 11) is -4.25. The van der Waals surface area contributed by atoms with Crippen molar-refractivity contribution < 1.29 is 40.4 Å². The average molecular weight is 577 g/mol. The minimum absolute atomic E-state index is 0.145. The minimum Gasteiger partial charge on any atom is -0.465 e. The van der Waals surface area contributed by atoms with Gasteiger partial charge >= 0.3 is 21.6 Å². The van der Waals surface area contributed by atoms with E-state index in [1.54, 1.807) is 24.3 Å². The molecule has 212 valence electrons. The molecule has 0 spiro atoms. The molecule has 0 fully saturated rings. The zero-order valence-corrected chi connectivity index (χ0v) is 23.5. The molecule has 6 nitrogen and oxygen atoms in total. The second kappa shape index (κ2) is 14.7. The van der Waals surface area contributed by atoms with Gasteiger partial charge in [0.05, 0.1) is 13.2 Å². The fourth-order valence-electron chi connectivity index (χ4n) is 3.92. The summed E-state index contributed by atoms with van der Waals surface area (Å²) in [4.78, 5) is 13.0. The molecule has 0 amide bonds. The number of esters is 1. The highest BCUT2D eigenvalue weighted by Crippen LogP contribution is 2.38. The number of unbranched alkanes of at least 4 members (excludes halogenated alkanes) is 2. The van der Waals surface area contributed by atoms with Gasteiger partial charge in [-0.3, -0.25) is 0 Å². The molecule has 2 aromatic rings. The van der Waals surface area contributed by atoms with Crippen LogP contribution < -0.4 is 0 Å². The van der Waals surface area contributed by atoms with Crippen LogP contribution in [0, 0.1) is 0 Å². The van der Waals surface area contributed by atoms with Gasteiger partial charge in [-0.1, -0.05) is 63.8 Å². The third kappa shape index (κ3) is 9.13. The topological polar surface area (TPSA) is 89.9 Å². The van der Waals surface area contributed by atoms with Gasteiger partial charge in [0, 0.05) is 11.3 Å². The molecule has 38 heavy (non-hydrogen) atoms. The van der Waals surface area contributed by atoms with Gasteiger partial charge in [-0.25, -0.2) is 4.79 Å². The number of benzene rings is 1. The van der Waals surface area contributed by atoms with Gasteiger partial charge in [0.15, 0.2) is 0 Å². The number of aryl methyl sites for hydroxylation is 1. The standard InChI is InChI=1S/C18H23F3O4S.C9H12O2S/c1-2-3-4-7-16(22)14-11-9-13(10-12-14)15-6-5-8-17(15)25-26(23,24)18(19,20)21;1-3-4-7-5-6-8(12-7)9(10)11-2/h9-12,16,22H,2-8H2,1H3;5-6H,3-4H2,1-2H3. The van der Waals surface area contributed by atoms with E-state index < -0.39 is 21.7 Å². The molecule has 3 rings (SSSR count). The molecule has 1 aliphatic carbocycles. The minimum atomic E-state index is -5.65. The highest BCUT2D eigenvalue weighted by molar-refractivity contribution is 7.87. The normalized spacial score (nSPS) is 14.6. The lowest BCUT2D eigenvalue weighted by molar-refractivity contribution is -0.0522. The van der Waals surface area contributed by atoms with Crippen molar-refractivity contribution >= 4 is 33.0 Å². The number of alkyl halides is 3. The summed E-state index contributed by atoms with van der Waals surface area (Å²) in [6.07, 6.45) is 6.34. The van der Waals surface area contributed by atoms with Gasteiger partial charge in [0.1, 0.15) is 10.6 Å². The number of hydrogen-bond donors (Lipinski definition) is 1. The summed E-state index contributed by atoms with van der Waals surface area (Å²) in [6, 6.07) is 10.6. The lowest BCUT2D eigenvalue weighted by Crippen LogP contribution is -2.25. The van der Waals surface area contributed by atoms with Crippen molar-refractivity contribution in [1.29, 1.82) is 0 Å². The molecule has 11 heteroatoms. The molecule has 0 aliphatic heterocycles. The molecule has 1 unspecified atom stereocenters. The number of carbonyl (C=O) groups is 1. The number of ether oxygens (including phenoxy) is 1. The van der Waals surface area contributed by atoms with Crippen molar-refractivity contribution in [2.45, 2.75) is 83.2 Å². The van der Waals surface area contributed by atoms with Gasteiger partial charge in [0.2, 0.25) is 0 Å². The SMILES string of the molecule is CCCCCC(O)c1ccc(C2=C(OS(=O)(=O)C(F)(F)F)CCC2)cc1.CCCc1ccc(C(=O)OC)s1. The van der Waals surface area contributed by atoms with Crippen LogP contribution in [0.25, 0.3) is 5.57 Å². The predicted molar refractivity (Wildman–Crippen MR) is 142 cm³/mol. The zero-order chi connectivity index (χ0) is 28.3. The van der Waals surface area contributed by atoms with E-state index in [-0.39, 0.29) is 18.1 Å². The smallest absolute Gasteiger partial charge is 0.465 e. The molecular formula is C27H35F3O6S2. The summed E-state index contributed by atoms with van der Waals surface area (Å²) in [6.45, 7) is 4.20. The van der Waals surface area contributed by atoms with Crippen LogP contribution in [0.15, 0.2) is 42.2 Å². The van der Waals surface area contributed by atoms with E-state index in [4.69, 9.17) is 0 Å². The Kier molecular flexibility index (Phi) is 12.3. The van der Waals surface area contributed by atoms with E-state index in [1.165, 1.54) is 23.3 Å². The monoisotopic (exact) mass is 576 g/mol. The summed E-state index contributed by atoms with van der Waals surface area (Å²) in [5.41, 5.74) is -3.64. The number of thiophene rings is 1. The first-order valence-electron chi connectivity index (χ1n) is 12.6. The molecule has 1 aliphatic rings. The molecule has 0 saturated carbocycles. The Labute approximate surface area is 226 Å². The summed E-state index contributed by atoms with van der Waals surface area (Å²) in [5.74, 6) is -0.388. The van der Waals surface area contributed by atoms with E-state index in [1.807, 2.05) is 12.1 Å². The van der Waals surface area contributed by atoms with Crippen LogP contribution in [0.5, 0.6) is 0 Å². The van der Waals surface area contributed by atoms with Gasteiger partial charge < -0.3 is 14.0 Å². The second-order valence-corrected chi connectivity index (χ2v) is 11.6. The molecule has 1 aromatic carbocycles. The summed E-state index contributed by atoms with van der Waals surface area (Å²) < 4.78 is 69.0. The van der Waals surface area contributed by atoms with Gasteiger partial charge in [-0.15, -0.1) is 11.3 Å². The lowest BCUT2D eigenvalue weighted by Gasteiger charge is -2.14. The van der Waals surface area contributed by atoms with Crippen LogP contribution >= 0.6 is 11.3 Å². The third-order valence-corrected chi connectivity index (χ3v) is 8.04. The molecule has 1 N–H and O–H groups in total. The van der Waals surface area contributed by atoms with Crippen LogP contribution in [-0.2, 0) is 25.5 Å². The van der Waals surface area contributed by atoms with Gasteiger partial charge in [0.25, 0.3) is 0 Å². The van der Waals surface area contributed by atoms with Gasteiger partial charge in [-0.2, -0.15) is 21.6 Å². The quantitative estimate of drug-likeness (QED) is 0.129. The Morgan fingerprint density at radius 1 is 1.05 bits per heavy atom. The summed E-state index contributed by atoms with van der Waals surface area (Å²) in [5, 5.41) is 10.2. The molecule has 0 bridgehead atoms. The number of hydrogen-bond acceptors (Lipinski definition) is 7. The number of rotatable bonds is 11. The lowest BCUT2D eigenvalue weighted by atomic mass is 9.99. The molecular weight excluding hydrogens is 541 g/mol. The number of aliphatic hydroxyl groups excluding tert-OH is 1. The van der Waals surface area contributed by atoms with Crippen LogP contribution in [0.2, 0.25) is 0 Å². The zero-order valence-electron chi connectivity index (χ0n) is 21.8. The first kappa shape index (κ1) is 31.8. The average Bonchev–Trinajstić information content (AvgIpc) is 3.53. The number of carbonyl (C=O) groups excluding carboxylic acids is 1. The van der Waals surface area contributed by atoms with E-state index >= 15 is 0 Å². The number of halogens is 3.